The second-order valence-corrected chi connectivity index (χ2v) is 8.40. The van der Waals surface area contributed by atoms with Crippen molar-refractivity contribution in [1.82, 2.24) is 5.32 Å². The van der Waals surface area contributed by atoms with Crippen LogP contribution in [0.1, 0.15) is 33.6 Å². The molecule has 0 saturated heterocycles. The molecule has 0 aromatic rings. The number of halogens is 1. The van der Waals surface area contributed by atoms with Gasteiger partial charge >= 0.3 is 0 Å². The fourth-order valence-electron chi connectivity index (χ4n) is 1.27. The Morgan fingerprint density at radius 1 is 1.33 bits per heavy atom. The Labute approximate surface area is 97.5 Å². The average Bonchev–Trinajstić information content (AvgIpc) is 2.83. The van der Waals surface area contributed by atoms with Gasteiger partial charge in [0.05, 0.1) is 10.5 Å². The van der Waals surface area contributed by atoms with Gasteiger partial charge in [0.25, 0.3) is 0 Å². The molecular formula is C10H20ClNO2S. The number of hydrogen-bond donors (Lipinski definition) is 1. The van der Waals surface area contributed by atoms with Crippen molar-refractivity contribution in [2.45, 2.75) is 43.9 Å². The molecule has 0 aromatic carbocycles. The van der Waals surface area contributed by atoms with Crippen molar-refractivity contribution in [3.8, 4) is 0 Å². The minimum Gasteiger partial charge on any atom is -0.309 e. The van der Waals surface area contributed by atoms with Crippen molar-refractivity contribution in [3.63, 3.8) is 0 Å². The molecule has 3 nitrogen and oxygen atoms in total. The molecule has 1 fully saturated rings. The van der Waals surface area contributed by atoms with Gasteiger partial charge in [0.2, 0.25) is 0 Å². The predicted molar refractivity (Wildman–Crippen MR) is 64.2 cm³/mol. The van der Waals surface area contributed by atoms with Gasteiger partial charge in [-0.15, -0.1) is 11.6 Å². The Morgan fingerprint density at radius 2 is 1.87 bits per heavy atom. The zero-order valence-electron chi connectivity index (χ0n) is 9.64. The molecule has 1 N–H and O–H groups in total. The molecule has 1 saturated carbocycles. The second kappa shape index (κ2) is 4.22. The smallest absolute Gasteiger partial charge is 0.156 e. The molecule has 1 aliphatic carbocycles. The third-order valence-corrected chi connectivity index (χ3v) is 6.03. The molecule has 15 heavy (non-hydrogen) atoms. The first-order valence-electron chi connectivity index (χ1n) is 5.26. The average molecular weight is 254 g/mol. The molecule has 0 aromatic heterocycles. The van der Waals surface area contributed by atoms with E-state index < -0.39 is 14.6 Å². The van der Waals surface area contributed by atoms with Gasteiger partial charge < -0.3 is 5.32 Å². The van der Waals surface area contributed by atoms with E-state index in [1.165, 1.54) is 0 Å². The van der Waals surface area contributed by atoms with E-state index in [1.807, 2.05) is 0 Å². The summed E-state index contributed by atoms with van der Waals surface area (Å²) in [6.07, 6.45) is 2.12. The van der Waals surface area contributed by atoms with Crippen LogP contribution in [0.4, 0.5) is 0 Å². The molecule has 0 amide bonds. The normalized spacial score (nSPS) is 20.3. The summed E-state index contributed by atoms with van der Waals surface area (Å²) in [4.78, 5) is 0. The van der Waals surface area contributed by atoms with E-state index in [0.29, 0.717) is 12.4 Å². The first kappa shape index (κ1) is 13.3. The molecule has 0 spiro atoms. The molecule has 0 heterocycles. The monoisotopic (exact) mass is 253 g/mol. The van der Waals surface area contributed by atoms with E-state index in [2.05, 4.69) is 5.32 Å². The van der Waals surface area contributed by atoms with Crippen molar-refractivity contribution in [3.05, 3.63) is 0 Å². The van der Waals surface area contributed by atoms with Gasteiger partial charge in [-0.2, -0.15) is 0 Å². The standard InChI is InChI=1S/C10H20ClNO2S/c1-9(2,3)15(13,14)7-6-12-10(8-11)4-5-10/h12H,4-8H2,1-3H3. The van der Waals surface area contributed by atoms with E-state index in [0.717, 1.165) is 12.8 Å². The molecule has 0 radical (unpaired) electrons. The third-order valence-electron chi connectivity index (χ3n) is 2.91. The number of hydrogen-bond acceptors (Lipinski definition) is 3. The van der Waals surface area contributed by atoms with Gasteiger partial charge in [0, 0.05) is 18.0 Å². The van der Waals surface area contributed by atoms with Crippen LogP contribution >= 0.6 is 11.6 Å². The van der Waals surface area contributed by atoms with Crippen molar-refractivity contribution >= 4 is 21.4 Å². The molecular weight excluding hydrogens is 234 g/mol. The Bertz CT molecular complexity index is 315. The van der Waals surface area contributed by atoms with E-state index in [-0.39, 0.29) is 11.3 Å². The number of nitrogens with one attached hydrogen (secondary N) is 1. The highest BCUT2D eigenvalue weighted by atomic mass is 35.5. The van der Waals surface area contributed by atoms with Crippen molar-refractivity contribution in [2.75, 3.05) is 18.2 Å². The molecule has 0 aliphatic heterocycles. The van der Waals surface area contributed by atoms with Crippen molar-refractivity contribution in [2.24, 2.45) is 0 Å². The lowest BCUT2D eigenvalue weighted by Gasteiger charge is -2.20. The minimum absolute atomic E-state index is 0.0367. The van der Waals surface area contributed by atoms with Crippen LogP contribution in [0, 0.1) is 0 Å². The highest BCUT2D eigenvalue weighted by Crippen LogP contribution is 2.36. The van der Waals surface area contributed by atoms with Gasteiger partial charge in [0.1, 0.15) is 0 Å². The Kier molecular flexibility index (Phi) is 3.74. The van der Waals surface area contributed by atoms with E-state index in [4.69, 9.17) is 11.6 Å². The molecule has 0 bridgehead atoms. The van der Waals surface area contributed by atoms with Crippen LogP contribution < -0.4 is 5.32 Å². The molecule has 1 aliphatic rings. The van der Waals surface area contributed by atoms with Gasteiger partial charge in [-0.3, -0.25) is 0 Å². The number of sulfone groups is 1. The summed E-state index contributed by atoms with van der Waals surface area (Å²) in [7, 11) is -3.01. The van der Waals surface area contributed by atoms with Crippen molar-refractivity contribution < 1.29 is 8.42 Å². The maximum Gasteiger partial charge on any atom is 0.156 e. The summed E-state index contributed by atoms with van der Waals surface area (Å²) in [5.74, 6) is 0.762. The lowest BCUT2D eigenvalue weighted by Crippen LogP contribution is -2.40. The highest BCUT2D eigenvalue weighted by molar-refractivity contribution is 7.92. The maximum atomic E-state index is 11.8. The van der Waals surface area contributed by atoms with Gasteiger partial charge in [-0.05, 0) is 33.6 Å². The van der Waals surface area contributed by atoms with Crippen LogP contribution in [-0.2, 0) is 9.84 Å². The first-order valence-corrected chi connectivity index (χ1v) is 7.44. The molecule has 1 rings (SSSR count). The lowest BCUT2D eigenvalue weighted by atomic mass is 10.3. The topological polar surface area (TPSA) is 46.2 Å². The summed E-state index contributed by atoms with van der Waals surface area (Å²) < 4.78 is 22.9. The number of alkyl halides is 1. The fourth-order valence-corrected chi connectivity index (χ4v) is 2.61. The van der Waals surface area contributed by atoms with Crippen LogP contribution in [0.15, 0.2) is 0 Å². The largest absolute Gasteiger partial charge is 0.309 e. The zero-order chi connectivity index (χ0) is 11.7. The van der Waals surface area contributed by atoms with Crippen LogP contribution in [-0.4, -0.2) is 36.9 Å². The van der Waals surface area contributed by atoms with Crippen LogP contribution in [0.2, 0.25) is 0 Å². The highest BCUT2D eigenvalue weighted by Gasteiger charge is 2.41. The Morgan fingerprint density at radius 3 is 2.20 bits per heavy atom. The molecule has 0 unspecified atom stereocenters. The van der Waals surface area contributed by atoms with Gasteiger partial charge in [-0.1, -0.05) is 0 Å². The summed E-state index contributed by atoms with van der Waals surface area (Å²) in [5.41, 5.74) is 0.0367. The van der Waals surface area contributed by atoms with E-state index in [9.17, 15) is 8.42 Å². The van der Waals surface area contributed by atoms with Crippen LogP contribution in [0.3, 0.4) is 0 Å². The van der Waals surface area contributed by atoms with Gasteiger partial charge in [0.15, 0.2) is 9.84 Å². The number of rotatable bonds is 5. The quantitative estimate of drug-likeness (QED) is 0.757. The Balaban J connectivity index is 2.38. The summed E-state index contributed by atoms with van der Waals surface area (Å²) >= 11 is 5.78. The zero-order valence-corrected chi connectivity index (χ0v) is 11.2. The summed E-state index contributed by atoms with van der Waals surface area (Å²) in [6.45, 7) is 5.71. The fraction of sp³-hybridized carbons (Fsp3) is 1.00. The maximum absolute atomic E-state index is 11.8. The van der Waals surface area contributed by atoms with E-state index >= 15 is 0 Å². The minimum atomic E-state index is -3.01. The first-order chi connectivity index (χ1) is 6.72. The third kappa shape index (κ3) is 3.33. The van der Waals surface area contributed by atoms with Crippen molar-refractivity contribution in [1.29, 1.82) is 0 Å². The van der Waals surface area contributed by atoms with Gasteiger partial charge in [-0.25, -0.2) is 8.42 Å². The predicted octanol–water partition coefficient (Wildman–Crippen LogP) is 1.56. The van der Waals surface area contributed by atoms with E-state index in [1.54, 1.807) is 20.8 Å². The Hall–Kier alpha value is 0.200. The molecule has 0 atom stereocenters. The summed E-state index contributed by atoms with van der Waals surface area (Å²) in [5, 5.41) is 3.24. The molecule has 90 valence electrons. The lowest BCUT2D eigenvalue weighted by molar-refractivity contribution is 0.537. The summed E-state index contributed by atoms with van der Waals surface area (Å²) in [6, 6.07) is 0. The molecule has 5 heteroatoms. The van der Waals surface area contributed by atoms with Crippen LogP contribution in [0.25, 0.3) is 0 Å². The SMILES string of the molecule is CC(C)(C)S(=O)(=O)CCNC1(CCl)CC1. The van der Waals surface area contributed by atoms with Crippen LogP contribution in [0.5, 0.6) is 0 Å². The second-order valence-electron chi connectivity index (χ2n) is 5.27.